The fraction of sp³-hybridized carbons (Fsp3) is 0.556. The van der Waals surface area contributed by atoms with E-state index in [2.05, 4.69) is 30.4 Å². The van der Waals surface area contributed by atoms with Gasteiger partial charge in [0.25, 0.3) is 0 Å². The van der Waals surface area contributed by atoms with Crippen molar-refractivity contribution in [3.8, 4) is 0 Å². The highest BCUT2D eigenvalue weighted by molar-refractivity contribution is 5.79. The van der Waals surface area contributed by atoms with Gasteiger partial charge < -0.3 is 26.3 Å². The molecule has 0 aliphatic rings. The smallest absolute Gasteiger partial charge is 0.425 e. The number of guanidine groups is 1. The first-order valence-corrected chi connectivity index (χ1v) is 9.99. The topological polar surface area (TPSA) is 198 Å². The summed E-state index contributed by atoms with van der Waals surface area (Å²) in [5.41, 5.74) is 14.5. The summed E-state index contributed by atoms with van der Waals surface area (Å²) in [5.74, 6) is -0.502. The maximum absolute atomic E-state index is 12.3. The predicted octanol–water partition coefficient (Wildman–Crippen LogP) is 0.146. The number of carbonyl (C=O) groups is 2. The summed E-state index contributed by atoms with van der Waals surface area (Å²) in [6.07, 6.45) is 6.05. The number of imidazole rings is 1. The van der Waals surface area contributed by atoms with E-state index in [-0.39, 0.29) is 25.5 Å². The fourth-order valence-corrected chi connectivity index (χ4v) is 2.91. The van der Waals surface area contributed by atoms with E-state index in [4.69, 9.17) is 16.2 Å². The van der Waals surface area contributed by atoms with Crippen molar-refractivity contribution in [3.63, 3.8) is 0 Å². The number of nitrogens with one attached hydrogen (secondary N) is 2. The van der Waals surface area contributed by atoms with Crippen LogP contribution in [-0.4, -0.2) is 74.3 Å². The number of aromatic amines is 1. The second kappa shape index (κ2) is 12.3. The number of nitrogens with two attached hydrogens (primary N) is 2. The van der Waals surface area contributed by atoms with Gasteiger partial charge in [-0.3, -0.25) is 4.99 Å². The molecule has 0 aliphatic heterocycles. The molecule has 0 saturated carbocycles. The van der Waals surface area contributed by atoms with Crippen molar-refractivity contribution in [3.05, 3.63) is 18.3 Å². The van der Waals surface area contributed by atoms with Gasteiger partial charge in [-0.2, -0.15) is 0 Å². The lowest BCUT2D eigenvalue weighted by atomic mass is 10.1. The zero-order chi connectivity index (χ0) is 22.6. The molecule has 7 N–H and O–H groups in total. The number of fused-ring (bicyclic) bond motifs is 1. The molecule has 1 atom stereocenters. The van der Waals surface area contributed by atoms with E-state index < -0.39 is 18.1 Å². The molecule has 0 aromatic carbocycles. The number of aromatic nitrogens is 4. The summed E-state index contributed by atoms with van der Waals surface area (Å²) in [6.45, 7) is 0.451. The fourth-order valence-electron chi connectivity index (χ4n) is 2.91. The van der Waals surface area contributed by atoms with Gasteiger partial charge in [0.15, 0.2) is 11.6 Å². The summed E-state index contributed by atoms with van der Waals surface area (Å²) >= 11 is 0. The SMILES string of the molecule is CNN(C(=O)OCCCCCc1ncc2[nH]cnc2n1)[C@@H](CCCN=C(N)N)C(=O)O. The van der Waals surface area contributed by atoms with Crippen molar-refractivity contribution in [1.82, 2.24) is 30.4 Å². The van der Waals surface area contributed by atoms with Crippen molar-refractivity contribution in [2.24, 2.45) is 16.5 Å². The van der Waals surface area contributed by atoms with Crippen LogP contribution in [0.4, 0.5) is 4.79 Å². The van der Waals surface area contributed by atoms with Gasteiger partial charge in [-0.05, 0) is 32.1 Å². The highest BCUT2D eigenvalue weighted by atomic mass is 16.6. The number of amides is 1. The number of H-pyrrole nitrogens is 1. The Hall–Kier alpha value is -3.48. The first kappa shape index (κ1) is 23.8. The van der Waals surface area contributed by atoms with Gasteiger partial charge in [-0.25, -0.2) is 35.0 Å². The van der Waals surface area contributed by atoms with E-state index in [0.717, 1.165) is 23.4 Å². The zero-order valence-corrected chi connectivity index (χ0v) is 17.5. The number of rotatable bonds is 13. The number of hydrazine groups is 1. The number of aliphatic imine (C=N–C) groups is 1. The van der Waals surface area contributed by atoms with Crippen LogP contribution in [-0.2, 0) is 16.0 Å². The van der Waals surface area contributed by atoms with Gasteiger partial charge in [-0.15, -0.1) is 0 Å². The van der Waals surface area contributed by atoms with Crippen LogP contribution in [0.2, 0.25) is 0 Å². The number of aliphatic carboxylic acids is 1. The Morgan fingerprint density at radius 1 is 1.29 bits per heavy atom. The van der Waals surface area contributed by atoms with Gasteiger partial charge in [0, 0.05) is 20.0 Å². The lowest BCUT2D eigenvalue weighted by Gasteiger charge is -2.27. The number of hydrogen-bond donors (Lipinski definition) is 5. The van der Waals surface area contributed by atoms with E-state index in [1.807, 2.05) is 0 Å². The molecule has 0 saturated heterocycles. The van der Waals surface area contributed by atoms with Gasteiger partial charge in [0.05, 0.1) is 19.1 Å². The van der Waals surface area contributed by atoms with Gasteiger partial charge in [0.1, 0.15) is 17.4 Å². The molecule has 170 valence electrons. The number of nitrogens with zero attached hydrogens (tertiary/aromatic N) is 5. The molecule has 0 radical (unpaired) electrons. The molecule has 2 aromatic rings. The van der Waals surface area contributed by atoms with E-state index >= 15 is 0 Å². The third-order valence-electron chi connectivity index (χ3n) is 4.46. The van der Waals surface area contributed by atoms with E-state index in [1.165, 1.54) is 7.05 Å². The Balaban J connectivity index is 1.70. The Morgan fingerprint density at radius 3 is 2.81 bits per heavy atom. The molecule has 0 spiro atoms. The van der Waals surface area contributed by atoms with E-state index in [0.29, 0.717) is 30.7 Å². The van der Waals surface area contributed by atoms with Gasteiger partial charge in [0.2, 0.25) is 0 Å². The van der Waals surface area contributed by atoms with Crippen molar-refractivity contribution in [1.29, 1.82) is 0 Å². The van der Waals surface area contributed by atoms with Crippen LogP contribution in [0.3, 0.4) is 0 Å². The van der Waals surface area contributed by atoms with Crippen LogP contribution in [0, 0.1) is 0 Å². The maximum atomic E-state index is 12.3. The summed E-state index contributed by atoms with van der Waals surface area (Å²) in [4.78, 5) is 43.3. The summed E-state index contributed by atoms with van der Waals surface area (Å²) < 4.78 is 5.22. The molecular formula is C18H29N9O4. The lowest BCUT2D eigenvalue weighted by Crippen LogP contribution is -2.51. The third kappa shape index (κ3) is 7.70. The largest absolute Gasteiger partial charge is 0.480 e. The monoisotopic (exact) mass is 435 g/mol. The molecule has 2 rings (SSSR count). The quantitative estimate of drug-likeness (QED) is 0.125. The highest BCUT2D eigenvalue weighted by Crippen LogP contribution is 2.10. The minimum absolute atomic E-state index is 0.0648. The highest BCUT2D eigenvalue weighted by Gasteiger charge is 2.29. The van der Waals surface area contributed by atoms with Crippen LogP contribution >= 0.6 is 0 Å². The van der Waals surface area contributed by atoms with Gasteiger partial charge >= 0.3 is 12.1 Å². The standard InChI is InChI=1S/C18H29N9O4/c1-21-27(13(16(28)29)6-5-8-22-17(19)20)18(30)31-9-4-2-3-7-14-23-10-12-15(26-14)25-11-24-12/h10-11,13,21H,2-9H2,1H3,(H,28,29)(H4,19,20,22)(H,23,24,25,26)/t13-/m0/s1. The second-order valence-electron chi connectivity index (χ2n) is 6.75. The van der Waals surface area contributed by atoms with E-state index in [1.54, 1.807) is 12.5 Å². The molecule has 1 amide bonds. The molecule has 31 heavy (non-hydrogen) atoms. The first-order valence-electron chi connectivity index (χ1n) is 9.99. The van der Waals surface area contributed by atoms with Crippen molar-refractivity contribution >= 4 is 29.2 Å². The molecule has 0 fully saturated rings. The molecule has 13 nitrogen and oxygen atoms in total. The van der Waals surface area contributed by atoms with Crippen LogP contribution in [0.5, 0.6) is 0 Å². The Bertz CT molecular complexity index is 882. The summed E-state index contributed by atoms with van der Waals surface area (Å²) in [7, 11) is 1.46. The lowest BCUT2D eigenvalue weighted by molar-refractivity contribution is -0.144. The molecule has 2 aromatic heterocycles. The van der Waals surface area contributed by atoms with Crippen molar-refractivity contribution in [2.75, 3.05) is 20.2 Å². The minimum Gasteiger partial charge on any atom is -0.480 e. The summed E-state index contributed by atoms with van der Waals surface area (Å²) in [6, 6.07) is -1.10. The van der Waals surface area contributed by atoms with Crippen LogP contribution in [0.15, 0.2) is 17.5 Å². The van der Waals surface area contributed by atoms with Crippen molar-refractivity contribution in [2.45, 2.75) is 44.6 Å². The number of carboxylic acid groups (broad SMARTS) is 1. The zero-order valence-electron chi connectivity index (χ0n) is 17.5. The normalized spacial score (nSPS) is 11.8. The van der Waals surface area contributed by atoms with Crippen molar-refractivity contribution < 1.29 is 19.4 Å². The number of carbonyl (C=O) groups excluding carboxylic acids is 1. The third-order valence-corrected chi connectivity index (χ3v) is 4.46. The molecule has 0 aliphatic carbocycles. The average Bonchev–Trinajstić information content (AvgIpc) is 3.20. The van der Waals surface area contributed by atoms with Gasteiger partial charge in [-0.1, -0.05) is 0 Å². The number of hydrogen-bond acceptors (Lipinski definition) is 8. The number of carboxylic acids is 1. The number of unbranched alkanes of at least 4 members (excludes halogenated alkanes) is 2. The van der Waals surface area contributed by atoms with Crippen LogP contribution in [0.25, 0.3) is 11.2 Å². The Kier molecular flexibility index (Phi) is 9.42. The molecule has 0 unspecified atom stereocenters. The molecule has 0 bridgehead atoms. The first-order chi connectivity index (χ1) is 14.9. The Labute approximate surface area is 179 Å². The average molecular weight is 435 g/mol. The molecule has 2 heterocycles. The predicted molar refractivity (Wildman–Crippen MR) is 113 cm³/mol. The van der Waals surface area contributed by atoms with E-state index in [9.17, 15) is 14.7 Å². The van der Waals surface area contributed by atoms with Crippen LogP contribution < -0.4 is 16.9 Å². The maximum Gasteiger partial charge on any atom is 0.425 e. The molecule has 13 heteroatoms. The Morgan fingerprint density at radius 2 is 2.10 bits per heavy atom. The second-order valence-corrected chi connectivity index (χ2v) is 6.75. The minimum atomic E-state index is -1.15. The molecular weight excluding hydrogens is 406 g/mol. The number of ether oxygens (including phenoxy) is 1. The summed E-state index contributed by atoms with van der Waals surface area (Å²) in [5, 5.41) is 10.4. The number of aryl methyl sites for hydroxylation is 1. The van der Waals surface area contributed by atoms with Crippen LogP contribution in [0.1, 0.15) is 37.9 Å².